The van der Waals surface area contributed by atoms with Gasteiger partial charge < -0.3 is 4.74 Å². The zero-order chi connectivity index (χ0) is 11.5. The lowest BCUT2D eigenvalue weighted by atomic mass is 9.92. The second-order valence-electron chi connectivity index (χ2n) is 4.55. The standard InChI is InChI=1S/C12H17N3O/c1-8(2)11-10(7-13)12(15-14-11)9-3-5-16-6-4-9/h8-9H,3-6H2,1-2H3,(H,14,15). The van der Waals surface area contributed by atoms with E-state index < -0.39 is 0 Å². The van der Waals surface area contributed by atoms with E-state index in [9.17, 15) is 5.26 Å². The molecule has 1 fully saturated rings. The van der Waals surface area contributed by atoms with Gasteiger partial charge in [0.15, 0.2) is 0 Å². The van der Waals surface area contributed by atoms with Crippen molar-refractivity contribution in [1.82, 2.24) is 10.2 Å². The van der Waals surface area contributed by atoms with Crippen LogP contribution in [0.1, 0.15) is 55.5 Å². The number of rotatable bonds is 2. The number of hydrogen-bond donors (Lipinski definition) is 1. The van der Waals surface area contributed by atoms with Gasteiger partial charge in [-0.15, -0.1) is 0 Å². The molecule has 4 heteroatoms. The third-order valence-electron chi connectivity index (χ3n) is 3.11. The molecular weight excluding hydrogens is 202 g/mol. The molecular formula is C12H17N3O. The quantitative estimate of drug-likeness (QED) is 0.830. The van der Waals surface area contributed by atoms with Gasteiger partial charge >= 0.3 is 0 Å². The molecule has 86 valence electrons. The van der Waals surface area contributed by atoms with E-state index in [2.05, 4.69) is 30.1 Å². The van der Waals surface area contributed by atoms with E-state index in [0.29, 0.717) is 11.8 Å². The lowest BCUT2D eigenvalue weighted by Gasteiger charge is -2.20. The SMILES string of the molecule is CC(C)c1n[nH]c(C2CCOCC2)c1C#N. The minimum atomic E-state index is 0.291. The number of nitrogens with one attached hydrogen (secondary N) is 1. The molecule has 1 N–H and O–H groups in total. The van der Waals surface area contributed by atoms with Gasteiger partial charge in [-0.2, -0.15) is 10.4 Å². The van der Waals surface area contributed by atoms with Crippen molar-refractivity contribution < 1.29 is 4.74 Å². The lowest BCUT2D eigenvalue weighted by Crippen LogP contribution is -2.15. The predicted octanol–water partition coefficient (Wildman–Crippen LogP) is 2.30. The van der Waals surface area contributed by atoms with Gasteiger partial charge in [0.25, 0.3) is 0 Å². The maximum Gasteiger partial charge on any atom is 0.103 e. The van der Waals surface area contributed by atoms with Crippen LogP contribution in [-0.2, 0) is 4.74 Å². The predicted molar refractivity (Wildman–Crippen MR) is 60.2 cm³/mol. The summed E-state index contributed by atoms with van der Waals surface area (Å²) in [5.41, 5.74) is 2.65. The van der Waals surface area contributed by atoms with E-state index in [0.717, 1.165) is 43.0 Å². The molecule has 0 aliphatic carbocycles. The summed E-state index contributed by atoms with van der Waals surface area (Å²) >= 11 is 0. The molecule has 0 spiro atoms. The zero-order valence-electron chi connectivity index (χ0n) is 9.79. The van der Waals surface area contributed by atoms with Crippen LogP contribution in [0.2, 0.25) is 0 Å². The second kappa shape index (κ2) is 4.67. The van der Waals surface area contributed by atoms with Gasteiger partial charge in [-0.05, 0) is 18.8 Å². The molecule has 0 unspecified atom stereocenters. The highest BCUT2D eigenvalue weighted by atomic mass is 16.5. The highest BCUT2D eigenvalue weighted by Gasteiger charge is 2.24. The molecule has 2 rings (SSSR count). The van der Waals surface area contributed by atoms with Gasteiger partial charge in [0.2, 0.25) is 0 Å². The van der Waals surface area contributed by atoms with Crippen molar-refractivity contribution in [1.29, 1.82) is 5.26 Å². The third-order valence-corrected chi connectivity index (χ3v) is 3.11. The van der Waals surface area contributed by atoms with E-state index in [4.69, 9.17) is 4.74 Å². The minimum absolute atomic E-state index is 0.291. The van der Waals surface area contributed by atoms with Crippen molar-refractivity contribution in [2.24, 2.45) is 0 Å². The molecule has 0 aromatic carbocycles. The fourth-order valence-corrected chi connectivity index (χ4v) is 2.19. The number of hydrogen-bond acceptors (Lipinski definition) is 3. The Kier molecular flexibility index (Phi) is 3.25. The summed E-state index contributed by atoms with van der Waals surface area (Å²) < 4.78 is 5.33. The van der Waals surface area contributed by atoms with E-state index in [1.54, 1.807) is 0 Å². The van der Waals surface area contributed by atoms with Gasteiger partial charge in [-0.25, -0.2) is 0 Å². The molecule has 0 radical (unpaired) electrons. The fourth-order valence-electron chi connectivity index (χ4n) is 2.19. The second-order valence-corrected chi connectivity index (χ2v) is 4.55. The maximum absolute atomic E-state index is 9.23. The molecule has 0 amide bonds. The Morgan fingerprint density at radius 1 is 1.44 bits per heavy atom. The number of aromatic amines is 1. The van der Waals surface area contributed by atoms with Crippen LogP contribution in [0.15, 0.2) is 0 Å². The number of H-pyrrole nitrogens is 1. The molecule has 2 heterocycles. The van der Waals surface area contributed by atoms with Crippen LogP contribution in [0.5, 0.6) is 0 Å². The smallest absolute Gasteiger partial charge is 0.103 e. The molecule has 0 atom stereocenters. The number of ether oxygens (including phenoxy) is 1. The molecule has 1 aliphatic rings. The fraction of sp³-hybridized carbons (Fsp3) is 0.667. The summed E-state index contributed by atoms with van der Waals surface area (Å²) in [7, 11) is 0. The summed E-state index contributed by atoms with van der Waals surface area (Å²) in [4.78, 5) is 0. The van der Waals surface area contributed by atoms with Crippen LogP contribution < -0.4 is 0 Å². The monoisotopic (exact) mass is 219 g/mol. The normalized spacial score (nSPS) is 17.6. The number of nitriles is 1. The van der Waals surface area contributed by atoms with Crippen LogP contribution in [0.3, 0.4) is 0 Å². The Balaban J connectivity index is 2.30. The van der Waals surface area contributed by atoms with E-state index in [1.807, 2.05) is 0 Å². The summed E-state index contributed by atoms with van der Waals surface area (Å²) in [5.74, 6) is 0.697. The van der Waals surface area contributed by atoms with E-state index >= 15 is 0 Å². The molecule has 1 aromatic rings. The Hall–Kier alpha value is -1.34. The average molecular weight is 219 g/mol. The first-order valence-corrected chi connectivity index (χ1v) is 5.80. The summed E-state index contributed by atoms with van der Waals surface area (Å²) in [5, 5.41) is 16.5. The van der Waals surface area contributed by atoms with Gasteiger partial charge in [-0.3, -0.25) is 5.10 Å². The van der Waals surface area contributed by atoms with Crippen LogP contribution in [-0.4, -0.2) is 23.4 Å². The Morgan fingerprint density at radius 2 is 2.12 bits per heavy atom. The molecule has 0 bridgehead atoms. The van der Waals surface area contributed by atoms with E-state index in [1.165, 1.54) is 0 Å². The molecule has 1 aromatic heterocycles. The highest BCUT2D eigenvalue weighted by Crippen LogP contribution is 2.30. The first-order valence-electron chi connectivity index (χ1n) is 5.80. The Labute approximate surface area is 95.6 Å². The van der Waals surface area contributed by atoms with Crippen LogP contribution in [0.25, 0.3) is 0 Å². The number of nitrogens with zero attached hydrogens (tertiary/aromatic N) is 2. The molecule has 1 saturated heterocycles. The van der Waals surface area contributed by atoms with E-state index in [-0.39, 0.29) is 0 Å². The van der Waals surface area contributed by atoms with Crippen molar-refractivity contribution in [3.8, 4) is 6.07 Å². The summed E-state index contributed by atoms with van der Waals surface area (Å²) in [6.45, 7) is 5.69. The molecule has 16 heavy (non-hydrogen) atoms. The van der Waals surface area contributed by atoms with Crippen molar-refractivity contribution in [3.05, 3.63) is 17.0 Å². The van der Waals surface area contributed by atoms with Gasteiger partial charge in [0.05, 0.1) is 17.0 Å². The first kappa shape index (κ1) is 11.2. The highest BCUT2D eigenvalue weighted by molar-refractivity contribution is 5.40. The Bertz CT molecular complexity index is 397. The third kappa shape index (κ3) is 1.96. The molecule has 1 aliphatic heterocycles. The topological polar surface area (TPSA) is 61.7 Å². The van der Waals surface area contributed by atoms with Crippen molar-refractivity contribution >= 4 is 0 Å². The van der Waals surface area contributed by atoms with Crippen LogP contribution in [0.4, 0.5) is 0 Å². The van der Waals surface area contributed by atoms with Crippen LogP contribution >= 0.6 is 0 Å². The molecule has 0 saturated carbocycles. The van der Waals surface area contributed by atoms with Gasteiger partial charge in [0.1, 0.15) is 6.07 Å². The first-order chi connectivity index (χ1) is 7.74. The van der Waals surface area contributed by atoms with Gasteiger partial charge in [0, 0.05) is 19.1 Å². The number of aromatic nitrogens is 2. The lowest BCUT2D eigenvalue weighted by molar-refractivity contribution is 0.0844. The van der Waals surface area contributed by atoms with Gasteiger partial charge in [-0.1, -0.05) is 13.8 Å². The maximum atomic E-state index is 9.23. The van der Waals surface area contributed by atoms with Crippen LogP contribution in [0, 0.1) is 11.3 Å². The van der Waals surface area contributed by atoms with Crippen molar-refractivity contribution in [2.45, 2.75) is 38.5 Å². The summed E-state index contributed by atoms with van der Waals surface area (Å²) in [6, 6.07) is 2.29. The largest absolute Gasteiger partial charge is 0.381 e. The Morgan fingerprint density at radius 3 is 2.69 bits per heavy atom. The molecule has 4 nitrogen and oxygen atoms in total. The zero-order valence-corrected chi connectivity index (χ0v) is 9.79. The van der Waals surface area contributed by atoms with Crippen molar-refractivity contribution in [2.75, 3.05) is 13.2 Å². The minimum Gasteiger partial charge on any atom is -0.381 e. The average Bonchev–Trinajstić information content (AvgIpc) is 2.73. The van der Waals surface area contributed by atoms with Crippen molar-refractivity contribution in [3.63, 3.8) is 0 Å². The summed E-state index contributed by atoms with van der Waals surface area (Å²) in [6.07, 6.45) is 1.96.